The molecule has 0 unspecified atom stereocenters. The van der Waals surface area contributed by atoms with Crippen LogP contribution in [-0.4, -0.2) is 24.9 Å². The second-order valence-corrected chi connectivity index (χ2v) is 10.7. The van der Waals surface area contributed by atoms with Gasteiger partial charge in [-0.1, -0.05) is 85.6 Å². The average Bonchev–Trinajstić information content (AvgIpc) is 3.28. The minimum absolute atomic E-state index is 0.0830. The number of nitrogens with zero attached hydrogens (tertiary/aromatic N) is 4. The third kappa shape index (κ3) is 3.42. The van der Waals surface area contributed by atoms with Crippen LogP contribution in [0.2, 0.25) is 0 Å². The Morgan fingerprint density at radius 1 is 0.971 bits per heavy atom. The molecule has 0 radical (unpaired) electrons. The molecular weight excluding hydrogens is 440 g/mol. The smallest absolute Gasteiger partial charge is 0.259 e. The standard InChI is InChI=1S/C28H30N4OS/c1-2-31-25(33)23-24(22-14-8-7-13-21(22)19-28(23)16-9-4-10-17-28)32-26(31)29-30-27(32)34-18-15-20-11-5-3-6-12-20/h3,5-8,11-14H,2,4,9-10,15-19H2,1H3. The van der Waals surface area contributed by atoms with Crippen LogP contribution in [0.1, 0.15) is 55.7 Å². The van der Waals surface area contributed by atoms with Gasteiger partial charge in [-0.2, -0.15) is 0 Å². The first-order chi connectivity index (χ1) is 16.7. The molecule has 0 N–H and O–H groups in total. The van der Waals surface area contributed by atoms with Crippen molar-refractivity contribution in [2.24, 2.45) is 0 Å². The molecular formula is C28H30N4OS. The number of rotatable bonds is 5. The van der Waals surface area contributed by atoms with Crippen LogP contribution >= 0.6 is 11.8 Å². The van der Waals surface area contributed by atoms with Crippen molar-refractivity contribution in [1.82, 2.24) is 19.2 Å². The van der Waals surface area contributed by atoms with Gasteiger partial charge in [-0.15, -0.1) is 10.2 Å². The summed E-state index contributed by atoms with van der Waals surface area (Å²) in [5.74, 6) is 1.58. The lowest BCUT2D eigenvalue weighted by Gasteiger charge is -2.42. The Kier molecular flexibility index (Phi) is 5.56. The number of aryl methyl sites for hydroxylation is 2. The van der Waals surface area contributed by atoms with E-state index in [1.54, 1.807) is 11.8 Å². The second kappa shape index (κ2) is 8.73. The molecule has 0 bridgehead atoms. The number of fused-ring (bicyclic) bond motifs is 6. The van der Waals surface area contributed by atoms with Crippen molar-refractivity contribution in [1.29, 1.82) is 0 Å². The summed E-state index contributed by atoms with van der Waals surface area (Å²) in [5.41, 5.74) is 5.94. The summed E-state index contributed by atoms with van der Waals surface area (Å²) in [6.45, 7) is 2.63. The Morgan fingerprint density at radius 3 is 2.53 bits per heavy atom. The summed E-state index contributed by atoms with van der Waals surface area (Å²) in [4.78, 5) is 14.0. The molecule has 0 atom stereocenters. The minimum Gasteiger partial charge on any atom is -0.277 e. The van der Waals surface area contributed by atoms with Crippen molar-refractivity contribution >= 4 is 17.5 Å². The van der Waals surface area contributed by atoms with Crippen molar-refractivity contribution in [2.45, 2.75) is 69.0 Å². The fraction of sp³-hybridized carbons (Fsp3) is 0.393. The molecule has 0 amide bonds. The highest BCUT2D eigenvalue weighted by atomic mass is 32.2. The normalized spacial score (nSPS) is 16.5. The molecule has 5 nitrogen and oxygen atoms in total. The number of benzene rings is 2. The van der Waals surface area contributed by atoms with E-state index in [1.165, 1.54) is 36.0 Å². The fourth-order valence-corrected chi connectivity index (χ4v) is 7.02. The van der Waals surface area contributed by atoms with Crippen molar-refractivity contribution in [2.75, 3.05) is 5.75 Å². The maximum Gasteiger partial charge on any atom is 0.259 e. The molecule has 2 aromatic carbocycles. The van der Waals surface area contributed by atoms with Crippen LogP contribution in [0.15, 0.2) is 64.5 Å². The van der Waals surface area contributed by atoms with E-state index in [2.05, 4.69) is 69.2 Å². The summed E-state index contributed by atoms with van der Waals surface area (Å²) in [6.07, 6.45) is 7.72. The van der Waals surface area contributed by atoms with Crippen molar-refractivity contribution in [3.63, 3.8) is 0 Å². The average molecular weight is 471 g/mol. The topological polar surface area (TPSA) is 52.2 Å². The molecule has 174 valence electrons. The predicted octanol–water partition coefficient (Wildman–Crippen LogP) is 5.67. The highest BCUT2D eigenvalue weighted by Gasteiger charge is 2.44. The van der Waals surface area contributed by atoms with Gasteiger partial charge in [0.25, 0.3) is 5.56 Å². The summed E-state index contributed by atoms with van der Waals surface area (Å²) >= 11 is 1.73. The van der Waals surface area contributed by atoms with E-state index in [-0.39, 0.29) is 11.0 Å². The van der Waals surface area contributed by atoms with E-state index in [1.807, 2.05) is 11.5 Å². The van der Waals surface area contributed by atoms with Gasteiger partial charge in [0, 0.05) is 28.8 Å². The molecule has 2 aromatic heterocycles. The van der Waals surface area contributed by atoms with E-state index in [0.717, 1.165) is 47.8 Å². The van der Waals surface area contributed by atoms with Crippen molar-refractivity contribution < 1.29 is 0 Å². The molecule has 34 heavy (non-hydrogen) atoms. The molecule has 0 saturated heterocycles. The van der Waals surface area contributed by atoms with E-state index >= 15 is 0 Å². The van der Waals surface area contributed by atoms with Crippen LogP contribution in [0.25, 0.3) is 17.0 Å². The first-order valence-electron chi connectivity index (χ1n) is 12.5. The van der Waals surface area contributed by atoms with Crippen LogP contribution in [0, 0.1) is 0 Å². The first-order valence-corrected chi connectivity index (χ1v) is 13.5. The number of hydrogen-bond acceptors (Lipinski definition) is 4. The largest absolute Gasteiger partial charge is 0.277 e. The Hall–Kier alpha value is -2.86. The van der Waals surface area contributed by atoms with Crippen LogP contribution in [0.5, 0.6) is 0 Å². The zero-order chi connectivity index (χ0) is 23.1. The van der Waals surface area contributed by atoms with Crippen molar-refractivity contribution in [3.05, 3.63) is 81.6 Å². The highest BCUT2D eigenvalue weighted by Crippen LogP contribution is 2.49. The number of thioether (sulfide) groups is 1. The van der Waals surface area contributed by atoms with Crippen LogP contribution in [0.4, 0.5) is 0 Å². The zero-order valence-electron chi connectivity index (χ0n) is 19.7. The summed E-state index contributed by atoms with van der Waals surface area (Å²) < 4.78 is 4.04. The summed E-state index contributed by atoms with van der Waals surface area (Å²) in [6, 6.07) is 19.2. The van der Waals surface area contributed by atoms with Crippen molar-refractivity contribution in [3.8, 4) is 11.3 Å². The molecule has 1 saturated carbocycles. The maximum atomic E-state index is 14.0. The maximum absolute atomic E-state index is 14.0. The zero-order valence-corrected chi connectivity index (χ0v) is 20.5. The Labute approximate surface area is 204 Å². The monoisotopic (exact) mass is 470 g/mol. The molecule has 6 rings (SSSR count). The number of aromatic nitrogens is 4. The molecule has 1 fully saturated rings. The van der Waals surface area contributed by atoms with Gasteiger partial charge in [0.1, 0.15) is 0 Å². The van der Waals surface area contributed by atoms with E-state index in [0.29, 0.717) is 12.3 Å². The molecule has 2 heterocycles. The van der Waals surface area contributed by atoms with Gasteiger partial charge in [-0.25, -0.2) is 0 Å². The Balaban J connectivity index is 1.55. The number of hydrogen-bond donors (Lipinski definition) is 0. The van der Waals surface area contributed by atoms with Gasteiger partial charge in [0.15, 0.2) is 5.16 Å². The Morgan fingerprint density at radius 2 is 1.74 bits per heavy atom. The lowest BCUT2D eigenvalue weighted by atomic mass is 9.62. The third-order valence-electron chi connectivity index (χ3n) is 7.70. The second-order valence-electron chi connectivity index (χ2n) is 9.65. The quantitative estimate of drug-likeness (QED) is 0.353. The molecule has 0 aliphatic heterocycles. The lowest BCUT2D eigenvalue weighted by Crippen LogP contribution is -2.43. The predicted molar refractivity (Wildman–Crippen MR) is 138 cm³/mol. The van der Waals surface area contributed by atoms with Crippen LogP contribution in [-0.2, 0) is 24.8 Å². The molecule has 2 aliphatic rings. The third-order valence-corrected chi connectivity index (χ3v) is 8.63. The molecule has 2 aliphatic carbocycles. The van der Waals surface area contributed by atoms with Gasteiger partial charge >= 0.3 is 0 Å². The van der Waals surface area contributed by atoms with Gasteiger partial charge in [-0.3, -0.25) is 13.8 Å². The Bertz CT molecular complexity index is 1400. The molecule has 1 spiro atoms. The summed E-state index contributed by atoms with van der Waals surface area (Å²) in [5, 5.41) is 10.0. The highest BCUT2D eigenvalue weighted by molar-refractivity contribution is 7.99. The van der Waals surface area contributed by atoms with Gasteiger partial charge in [0.2, 0.25) is 5.78 Å². The first kappa shape index (κ1) is 21.7. The molecule has 4 aromatic rings. The van der Waals surface area contributed by atoms with E-state index in [9.17, 15) is 4.79 Å². The fourth-order valence-electron chi connectivity index (χ4n) is 6.10. The minimum atomic E-state index is -0.0830. The van der Waals surface area contributed by atoms with E-state index < -0.39 is 0 Å². The SMILES string of the molecule is CCn1c(=O)c2c(n3c(SCCc4ccccc4)nnc13)-c1ccccc1CC21CCCCC1. The van der Waals surface area contributed by atoms with Crippen LogP contribution < -0.4 is 5.56 Å². The molecule has 6 heteroatoms. The van der Waals surface area contributed by atoms with Crippen LogP contribution in [0.3, 0.4) is 0 Å². The van der Waals surface area contributed by atoms with Gasteiger partial charge in [0.05, 0.1) is 5.69 Å². The van der Waals surface area contributed by atoms with E-state index in [4.69, 9.17) is 0 Å². The lowest BCUT2D eigenvalue weighted by molar-refractivity contribution is 0.283. The van der Waals surface area contributed by atoms with Gasteiger partial charge in [-0.05, 0) is 43.7 Å². The van der Waals surface area contributed by atoms with Gasteiger partial charge < -0.3 is 0 Å². The summed E-state index contributed by atoms with van der Waals surface area (Å²) in [7, 11) is 0.